The molecule has 18 heavy (non-hydrogen) atoms. The molecule has 0 saturated carbocycles. The van der Waals surface area contributed by atoms with Crippen molar-refractivity contribution in [3.05, 3.63) is 54.1 Å². The van der Waals surface area contributed by atoms with Gasteiger partial charge < -0.3 is 4.90 Å². The first-order chi connectivity index (χ1) is 8.72. The monoisotopic (exact) mass is 238 g/mol. The average molecular weight is 238 g/mol. The molecule has 2 aromatic rings. The highest BCUT2D eigenvalue weighted by atomic mass is 16.2. The highest BCUT2D eigenvalue weighted by Crippen LogP contribution is 2.13. The summed E-state index contributed by atoms with van der Waals surface area (Å²) in [5.74, 6) is -0.229. The van der Waals surface area contributed by atoms with Crippen molar-refractivity contribution < 1.29 is 4.79 Å². The van der Waals surface area contributed by atoms with E-state index in [4.69, 9.17) is 5.26 Å². The Bertz CT molecular complexity index is 604. The van der Waals surface area contributed by atoms with Gasteiger partial charge in [-0.05, 0) is 18.2 Å². The summed E-state index contributed by atoms with van der Waals surface area (Å²) in [5, 5.41) is 8.77. The summed E-state index contributed by atoms with van der Waals surface area (Å²) < 4.78 is 0. The van der Waals surface area contributed by atoms with E-state index in [0.29, 0.717) is 16.8 Å². The van der Waals surface area contributed by atoms with Crippen molar-refractivity contribution in [3.63, 3.8) is 0 Å². The number of rotatable bonds is 2. The summed E-state index contributed by atoms with van der Waals surface area (Å²) >= 11 is 0. The van der Waals surface area contributed by atoms with Gasteiger partial charge >= 0.3 is 0 Å². The highest BCUT2D eigenvalue weighted by Gasteiger charge is 2.14. The highest BCUT2D eigenvalue weighted by molar-refractivity contribution is 6.05. The lowest BCUT2D eigenvalue weighted by atomic mass is 10.2. The fourth-order valence-corrected chi connectivity index (χ4v) is 1.48. The number of anilines is 1. The van der Waals surface area contributed by atoms with Gasteiger partial charge in [0.1, 0.15) is 6.07 Å². The smallest absolute Gasteiger partial charge is 0.259 e. The third kappa shape index (κ3) is 2.33. The molecule has 0 fully saturated rings. The van der Waals surface area contributed by atoms with Crippen LogP contribution in [-0.2, 0) is 0 Å². The summed E-state index contributed by atoms with van der Waals surface area (Å²) in [6, 6.07) is 7.01. The van der Waals surface area contributed by atoms with Gasteiger partial charge in [0.05, 0.1) is 23.0 Å². The van der Waals surface area contributed by atoms with Crippen LogP contribution in [-0.4, -0.2) is 22.9 Å². The number of carbonyl (C=O) groups is 1. The first kappa shape index (κ1) is 11.7. The van der Waals surface area contributed by atoms with Crippen LogP contribution in [0.1, 0.15) is 15.9 Å². The van der Waals surface area contributed by atoms with Gasteiger partial charge in [0.15, 0.2) is 0 Å². The van der Waals surface area contributed by atoms with Crippen LogP contribution in [0, 0.1) is 11.3 Å². The number of hydrogen-bond acceptors (Lipinski definition) is 4. The minimum atomic E-state index is -0.229. The molecular formula is C13H10N4O. The molecule has 2 rings (SSSR count). The predicted octanol–water partition coefficient (Wildman–Crippen LogP) is 1.62. The SMILES string of the molecule is CN(C(=O)c1cncc(C#N)c1)c1cccnc1. The molecule has 0 aliphatic rings. The van der Waals surface area contributed by atoms with Gasteiger partial charge in [-0.25, -0.2) is 0 Å². The second-order valence-electron chi connectivity index (χ2n) is 3.65. The lowest BCUT2D eigenvalue weighted by Gasteiger charge is -2.16. The third-order valence-corrected chi connectivity index (χ3v) is 2.45. The summed E-state index contributed by atoms with van der Waals surface area (Å²) in [5.41, 5.74) is 1.42. The Balaban J connectivity index is 2.29. The molecule has 0 spiro atoms. The van der Waals surface area contributed by atoms with Crippen molar-refractivity contribution in [2.24, 2.45) is 0 Å². The van der Waals surface area contributed by atoms with Crippen molar-refractivity contribution in [3.8, 4) is 6.07 Å². The molecule has 2 aromatic heterocycles. The maximum absolute atomic E-state index is 12.2. The topological polar surface area (TPSA) is 69.9 Å². The van der Waals surface area contributed by atoms with Crippen molar-refractivity contribution in [2.45, 2.75) is 0 Å². The number of hydrogen-bond donors (Lipinski definition) is 0. The fraction of sp³-hybridized carbons (Fsp3) is 0.0769. The molecule has 1 amide bonds. The molecule has 0 radical (unpaired) electrons. The zero-order valence-corrected chi connectivity index (χ0v) is 9.74. The quantitative estimate of drug-likeness (QED) is 0.797. The average Bonchev–Trinajstić information content (AvgIpc) is 2.46. The van der Waals surface area contributed by atoms with E-state index in [2.05, 4.69) is 9.97 Å². The molecule has 0 N–H and O–H groups in total. The van der Waals surface area contributed by atoms with Crippen LogP contribution in [0.5, 0.6) is 0 Å². The van der Waals surface area contributed by atoms with E-state index in [1.54, 1.807) is 31.6 Å². The Labute approximate surface area is 104 Å². The Hall–Kier alpha value is -2.74. The first-order valence-corrected chi connectivity index (χ1v) is 5.25. The number of amides is 1. The Morgan fingerprint density at radius 1 is 1.33 bits per heavy atom. The lowest BCUT2D eigenvalue weighted by Crippen LogP contribution is -2.26. The van der Waals surface area contributed by atoms with E-state index < -0.39 is 0 Å². The summed E-state index contributed by atoms with van der Waals surface area (Å²) in [6.45, 7) is 0. The number of aromatic nitrogens is 2. The van der Waals surface area contributed by atoms with Gasteiger partial charge in [-0.1, -0.05) is 0 Å². The minimum Gasteiger partial charge on any atom is -0.310 e. The van der Waals surface area contributed by atoms with E-state index in [-0.39, 0.29) is 5.91 Å². The van der Waals surface area contributed by atoms with Crippen molar-refractivity contribution in [1.82, 2.24) is 9.97 Å². The molecule has 88 valence electrons. The second kappa shape index (κ2) is 5.06. The molecule has 5 heteroatoms. The van der Waals surface area contributed by atoms with Crippen LogP contribution in [0.25, 0.3) is 0 Å². The van der Waals surface area contributed by atoms with Gasteiger partial charge in [0.25, 0.3) is 5.91 Å². The maximum atomic E-state index is 12.2. The van der Waals surface area contributed by atoms with Gasteiger partial charge in [-0.3, -0.25) is 14.8 Å². The standard InChI is InChI=1S/C13H10N4O/c1-17(12-3-2-4-15-9-12)13(18)11-5-10(6-14)7-16-8-11/h2-5,7-9H,1H3. The van der Waals surface area contributed by atoms with E-state index in [9.17, 15) is 4.79 Å². The zero-order valence-electron chi connectivity index (χ0n) is 9.74. The minimum absolute atomic E-state index is 0.229. The lowest BCUT2D eigenvalue weighted by molar-refractivity contribution is 0.0992. The molecule has 0 saturated heterocycles. The Morgan fingerprint density at radius 3 is 2.83 bits per heavy atom. The first-order valence-electron chi connectivity index (χ1n) is 5.25. The Kier molecular flexibility index (Phi) is 3.30. The molecule has 0 aromatic carbocycles. The van der Waals surface area contributed by atoms with E-state index in [0.717, 1.165) is 0 Å². The van der Waals surface area contributed by atoms with Crippen LogP contribution in [0.2, 0.25) is 0 Å². The fourth-order valence-electron chi connectivity index (χ4n) is 1.48. The second-order valence-corrected chi connectivity index (χ2v) is 3.65. The molecule has 0 bridgehead atoms. The normalized spacial score (nSPS) is 9.56. The molecular weight excluding hydrogens is 228 g/mol. The van der Waals surface area contributed by atoms with Crippen molar-refractivity contribution in [2.75, 3.05) is 11.9 Å². The van der Waals surface area contributed by atoms with Gasteiger partial charge in [0.2, 0.25) is 0 Å². The van der Waals surface area contributed by atoms with Crippen LogP contribution >= 0.6 is 0 Å². The summed E-state index contributed by atoms with van der Waals surface area (Å²) in [4.78, 5) is 21.4. The van der Waals surface area contributed by atoms with E-state index in [1.807, 2.05) is 6.07 Å². The van der Waals surface area contributed by atoms with E-state index >= 15 is 0 Å². The summed E-state index contributed by atoms with van der Waals surface area (Å²) in [6.07, 6.45) is 6.09. The van der Waals surface area contributed by atoms with Gasteiger partial charge in [0, 0.05) is 25.6 Å². The maximum Gasteiger partial charge on any atom is 0.259 e. The largest absolute Gasteiger partial charge is 0.310 e. The zero-order chi connectivity index (χ0) is 13.0. The molecule has 0 atom stereocenters. The van der Waals surface area contributed by atoms with Crippen LogP contribution in [0.4, 0.5) is 5.69 Å². The number of carbonyl (C=O) groups excluding carboxylic acids is 1. The van der Waals surface area contributed by atoms with Crippen LogP contribution in [0.3, 0.4) is 0 Å². The number of nitrogens with zero attached hydrogens (tertiary/aromatic N) is 4. The molecule has 5 nitrogen and oxygen atoms in total. The van der Waals surface area contributed by atoms with Crippen molar-refractivity contribution >= 4 is 11.6 Å². The molecule has 0 aliphatic heterocycles. The van der Waals surface area contributed by atoms with E-state index in [1.165, 1.54) is 23.4 Å². The molecule has 2 heterocycles. The molecule has 0 aliphatic carbocycles. The van der Waals surface area contributed by atoms with Gasteiger partial charge in [-0.2, -0.15) is 5.26 Å². The predicted molar refractivity (Wildman–Crippen MR) is 65.9 cm³/mol. The number of nitriles is 1. The van der Waals surface area contributed by atoms with Crippen molar-refractivity contribution in [1.29, 1.82) is 5.26 Å². The Morgan fingerprint density at radius 2 is 2.17 bits per heavy atom. The number of pyridine rings is 2. The van der Waals surface area contributed by atoms with Crippen LogP contribution < -0.4 is 4.90 Å². The summed E-state index contributed by atoms with van der Waals surface area (Å²) in [7, 11) is 1.65. The molecule has 0 unspecified atom stereocenters. The van der Waals surface area contributed by atoms with Crippen LogP contribution in [0.15, 0.2) is 43.0 Å². The third-order valence-electron chi connectivity index (χ3n) is 2.45. The van der Waals surface area contributed by atoms with Gasteiger partial charge in [-0.15, -0.1) is 0 Å².